The monoisotopic (exact) mass is 498 g/mol. The Kier molecular flexibility index (Phi) is 7.49. The summed E-state index contributed by atoms with van der Waals surface area (Å²) in [6, 6.07) is 11.0. The Bertz CT molecular complexity index is 1090. The minimum absolute atomic E-state index is 0.101. The molecule has 0 fully saturated rings. The summed E-state index contributed by atoms with van der Waals surface area (Å²) in [5, 5.41) is 0. The molecule has 0 aliphatic carbocycles. The molecule has 0 bridgehead atoms. The highest BCUT2D eigenvalue weighted by molar-refractivity contribution is 7.92. The van der Waals surface area contributed by atoms with Gasteiger partial charge >= 0.3 is 15.2 Å². The highest BCUT2D eigenvalue weighted by Crippen LogP contribution is 2.35. The number of benzene rings is 2. The molecule has 2 aromatic carbocycles. The number of hydrogen-bond donors (Lipinski definition) is 4. The maximum atomic E-state index is 12.1. The average molecular weight is 498 g/mol. The zero-order valence-electron chi connectivity index (χ0n) is 15.4. The molecule has 0 aromatic heterocycles. The first kappa shape index (κ1) is 24.9. The Balaban J connectivity index is 2.18. The van der Waals surface area contributed by atoms with Crippen molar-refractivity contribution in [1.82, 2.24) is 0 Å². The van der Waals surface area contributed by atoms with Gasteiger partial charge in [0.15, 0.2) is 19.7 Å². The molecule has 4 N–H and O–H groups in total. The maximum absolute atomic E-state index is 12.1. The number of rotatable bonds is 9. The van der Waals surface area contributed by atoms with Crippen molar-refractivity contribution < 1.29 is 45.5 Å². The van der Waals surface area contributed by atoms with Gasteiger partial charge in [-0.3, -0.25) is 9.13 Å². The Morgan fingerprint density at radius 1 is 0.567 bits per heavy atom. The van der Waals surface area contributed by atoms with E-state index >= 15 is 0 Å². The molecule has 0 heterocycles. The third-order valence-electron chi connectivity index (χ3n) is 4.06. The lowest BCUT2D eigenvalue weighted by molar-refractivity contribution is 0.372. The maximum Gasteiger partial charge on any atom is 0.326 e. The molecule has 10 nitrogen and oxygen atoms in total. The fourth-order valence-electron chi connectivity index (χ4n) is 2.42. The van der Waals surface area contributed by atoms with Crippen molar-refractivity contribution in [3.63, 3.8) is 0 Å². The fourth-order valence-corrected chi connectivity index (χ4v) is 7.82. The highest BCUT2D eigenvalue weighted by Gasteiger charge is 2.22. The van der Waals surface area contributed by atoms with Crippen molar-refractivity contribution >= 4 is 34.9 Å². The first-order valence-corrected chi connectivity index (χ1v) is 15.2. The summed E-state index contributed by atoms with van der Waals surface area (Å²) < 4.78 is 70.4. The third kappa shape index (κ3) is 7.40. The lowest BCUT2D eigenvalue weighted by Gasteiger charge is -2.09. The zero-order chi connectivity index (χ0) is 22.8. The summed E-state index contributed by atoms with van der Waals surface area (Å²) >= 11 is 0. The summed E-state index contributed by atoms with van der Waals surface area (Å²) in [5.74, 6) is -1.39. The van der Waals surface area contributed by atoms with Crippen molar-refractivity contribution in [2.45, 2.75) is 9.79 Å². The molecule has 0 saturated carbocycles. The van der Waals surface area contributed by atoms with E-state index < -0.39 is 58.7 Å². The fraction of sp³-hybridized carbons (Fsp3) is 0.250. The molecule has 166 valence electrons. The van der Waals surface area contributed by atoms with E-state index in [0.29, 0.717) is 11.1 Å². The van der Waals surface area contributed by atoms with Gasteiger partial charge in [0.2, 0.25) is 0 Å². The largest absolute Gasteiger partial charge is 0.326 e. The Morgan fingerprint density at radius 2 is 0.833 bits per heavy atom. The van der Waals surface area contributed by atoms with E-state index in [4.69, 9.17) is 19.6 Å². The Morgan fingerprint density at radius 3 is 1.07 bits per heavy atom. The lowest BCUT2D eigenvalue weighted by Crippen LogP contribution is -2.11. The molecule has 30 heavy (non-hydrogen) atoms. The van der Waals surface area contributed by atoms with Crippen molar-refractivity contribution in [3.05, 3.63) is 48.5 Å². The molecule has 0 aliphatic heterocycles. The average Bonchev–Trinajstić information content (AvgIpc) is 2.64. The van der Waals surface area contributed by atoms with Crippen LogP contribution in [0.5, 0.6) is 0 Å². The molecule has 14 heteroatoms. The first-order chi connectivity index (χ1) is 13.6. The van der Waals surface area contributed by atoms with Gasteiger partial charge in [0.1, 0.15) is 0 Å². The van der Waals surface area contributed by atoms with Crippen LogP contribution >= 0.6 is 15.2 Å². The minimum Gasteiger partial charge on any atom is -0.324 e. The molecular formula is C16H20O10P2S2. The lowest BCUT2D eigenvalue weighted by atomic mass is 10.1. The van der Waals surface area contributed by atoms with E-state index in [9.17, 15) is 26.0 Å². The van der Waals surface area contributed by atoms with Gasteiger partial charge in [0.25, 0.3) is 0 Å². The van der Waals surface area contributed by atoms with Crippen molar-refractivity contribution in [3.8, 4) is 11.1 Å². The molecule has 0 aliphatic rings. The van der Waals surface area contributed by atoms with Crippen LogP contribution in [0.15, 0.2) is 58.3 Å². The summed E-state index contributed by atoms with van der Waals surface area (Å²) in [6.45, 7) is 0. The van der Waals surface area contributed by atoms with E-state index in [0.717, 1.165) is 0 Å². The number of sulfone groups is 2. The molecule has 2 aromatic rings. The third-order valence-corrected chi connectivity index (χ3v) is 9.74. The molecule has 0 spiro atoms. The van der Waals surface area contributed by atoms with E-state index in [1.807, 2.05) is 0 Å². The smallest absolute Gasteiger partial charge is 0.324 e. The molecule has 2 rings (SSSR count). The van der Waals surface area contributed by atoms with Crippen molar-refractivity contribution in [1.29, 1.82) is 0 Å². The standard InChI is InChI=1S/C16H20O10P2S2/c17-27(18,19)9-11-29(23,24)15-5-1-13(2-6-15)14-3-7-16(8-4-14)30(25,26)12-10-28(20,21)22/h1-8H,9-12H2,(H2,17,18,19)(H2,20,21,22). The van der Waals surface area contributed by atoms with Crippen LogP contribution in [0.1, 0.15) is 0 Å². The van der Waals surface area contributed by atoms with Crippen molar-refractivity contribution in [2.24, 2.45) is 0 Å². The van der Waals surface area contributed by atoms with Crippen LogP contribution in [0.25, 0.3) is 11.1 Å². The topological polar surface area (TPSA) is 183 Å². The zero-order valence-corrected chi connectivity index (χ0v) is 18.8. The SMILES string of the molecule is O=P(O)(O)CCS(=O)(=O)c1ccc(-c2ccc(S(=O)(=O)CCP(=O)(O)O)cc2)cc1. The van der Waals surface area contributed by atoms with Gasteiger partial charge in [0, 0.05) is 0 Å². The van der Waals surface area contributed by atoms with Crippen LogP contribution in [-0.2, 0) is 28.8 Å². The predicted octanol–water partition coefficient (Wildman–Crippen LogP) is 1.26. The molecule has 0 unspecified atom stereocenters. The van der Waals surface area contributed by atoms with Crippen LogP contribution < -0.4 is 0 Å². The second kappa shape index (κ2) is 9.02. The summed E-state index contributed by atoms with van der Waals surface area (Å²) in [5.41, 5.74) is 1.14. The molecular weight excluding hydrogens is 478 g/mol. The van der Waals surface area contributed by atoms with E-state index in [1.54, 1.807) is 0 Å². The Labute approximate surface area is 173 Å². The van der Waals surface area contributed by atoms with Crippen LogP contribution in [0.2, 0.25) is 0 Å². The first-order valence-electron chi connectivity index (χ1n) is 8.34. The Hall–Kier alpha value is -1.36. The van der Waals surface area contributed by atoms with E-state index in [-0.39, 0.29) is 9.79 Å². The quantitative estimate of drug-likeness (QED) is 0.367. The van der Waals surface area contributed by atoms with E-state index in [1.165, 1.54) is 48.5 Å². The van der Waals surface area contributed by atoms with Gasteiger partial charge in [-0.05, 0) is 35.4 Å². The second-order valence-corrected chi connectivity index (χ2v) is 14.2. The predicted molar refractivity (Wildman–Crippen MR) is 110 cm³/mol. The normalized spacial score (nSPS) is 13.3. The van der Waals surface area contributed by atoms with Crippen LogP contribution in [-0.4, -0.2) is 60.2 Å². The summed E-state index contributed by atoms with van der Waals surface area (Å²) in [6.07, 6.45) is -1.57. The van der Waals surface area contributed by atoms with Gasteiger partial charge in [-0.2, -0.15) is 0 Å². The van der Waals surface area contributed by atoms with Gasteiger partial charge < -0.3 is 19.6 Å². The highest BCUT2D eigenvalue weighted by atomic mass is 32.2. The molecule has 0 atom stereocenters. The van der Waals surface area contributed by atoms with Gasteiger partial charge in [-0.1, -0.05) is 24.3 Å². The second-order valence-electron chi connectivity index (χ2n) is 6.46. The minimum atomic E-state index is -4.44. The van der Waals surface area contributed by atoms with E-state index in [2.05, 4.69) is 0 Å². The van der Waals surface area contributed by atoms with Crippen LogP contribution in [0.4, 0.5) is 0 Å². The molecule has 0 saturated heterocycles. The van der Waals surface area contributed by atoms with Crippen molar-refractivity contribution in [2.75, 3.05) is 23.8 Å². The summed E-state index contributed by atoms with van der Waals surface area (Å²) in [7, 11) is -16.6. The van der Waals surface area contributed by atoms with Crippen LogP contribution in [0.3, 0.4) is 0 Å². The van der Waals surface area contributed by atoms with Crippen LogP contribution in [0, 0.1) is 0 Å². The molecule has 0 radical (unpaired) electrons. The number of hydrogen-bond acceptors (Lipinski definition) is 6. The summed E-state index contributed by atoms with van der Waals surface area (Å²) in [4.78, 5) is 35.2. The van der Waals surface area contributed by atoms with Gasteiger partial charge in [-0.25, -0.2) is 16.8 Å². The van der Waals surface area contributed by atoms with Gasteiger partial charge in [0.05, 0.1) is 33.6 Å². The molecule has 0 amide bonds. The van der Waals surface area contributed by atoms with Gasteiger partial charge in [-0.15, -0.1) is 0 Å².